The molecular formula is C20H23F2N3O4S. The Morgan fingerprint density at radius 1 is 1.03 bits per heavy atom. The zero-order chi connectivity index (χ0) is 21.7. The number of rotatable bonds is 7. The minimum absolute atomic E-state index is 0.00825. The van der Waals surface area contributed by atoms with Crippen molar-refractivity contribution in [3.63, 3.8) is 0 Å². The van der Waals surface area contributed by atoms with Crippen molar-refractivity contribution in [2.24, 2.45) is 0 Å². The minimum Gasteiger partial charge on any atom is -0.435 e. The predicted octanol–water partition coefficient (Wildman–Crippen LogP) is 2.54. The van der Waals surface area contributed by atoms with E-state index in [-0.39, 0.29) is 23.1 Å². The third kappa shape index (κ3) is 5.74. The summed E-state index contributed by atoms with van der Waals surface area (Å²) in [7, 11) is -3.55. The summed E-state index contributed by atoms with van der Waals surface area (Å²) in [6.45, 7) is 0.546. The van der Waals surface area contributed by atoms with Crippen molar-refractivity contribution in [3.05, 3.63) is 54.1 Å². The molecule has 0 spiro atoms. The number of carbonyl (C=O) groups is 1. The van der Waals surface area contributed by atoms with Gasteiger partial charge in [0, 0.05) is 31.9 Å². The number of nitrogens with one attached hydrogen (secondary N) is 1. The minimum atomic E-state index is -3.55. The van der Waals surface area contributed by atoms with Crippen LogP contribution in [0.25, 0.3) is 0 Å². The number of carbonyl (C=O) groups excluding carboxylic acids is 1. The maximum atomic E-state index is 12.7. The molecule has 0 atom stereocenters. The number of aryl methyl sites for hydroxylation is 1. The topological polar surface area (TPSA) is 79.0 Å². The van der Waals surface area contributed by atoms with E-state index in [1.165, 1.54) is 28.6 Å². The van der Waals surface area contributed by atoms with Crippen LogP contribution < -0.4 is 10.1 Å². The van der Waals surface area contributed by atoms with E-state index >= 15 is 0 Å². The van der Waals surface area contributed by atoms with Crippen LogP contribution in [0.1, 0.15) is 5.56 Å². The molecule has 7 nitrogen and oxygen atoms in total. The Morgan fingerprint density at radius 2 is 1.63 bits per heavy atom. The van der Waals surface area contributed by atoms with E-state index in [1.807, 2.05) is 11.8 Å². The monoisotopic (exact) mass is 439 g/mol. The zero-order valence-electron chi connectivity index (χ0n) is 16.4. The first kappa shape index (κ1) is 22.1. The lowest BCUT2D eigenvalue weighted by molar-refractivity contribution is -0.117. The Kier molecular flexibility index (Phi) is 7.01. The number of nitrogens with zero attached hydrogens (tertiary/aromatic N) is 2. The number of hydrogen-bond acceptors (Lipinski definition) is 5. The van der Waals surface area contributed by atoms with Crippen LogP contribution in [0.5, 0.6) is 5.75 Å². The summed E-state index contributed by atoms with van der Waals surface area (Å²) in [6, 6.07) is 12.4. The van der Waals surface area contributed by atoms with Crippen LogP contribution in [0.3, 0.4) is 0 Å². The number of ether oxygens (including phenoxy) is 1. The summed E-state index contributed by atoms with van der Waals surface area (Å²) in [4.78, 5) is 14.4. The molecule has 0 unspecified atom stereocenters. The zero-order valence-corrected chi connectivity index (χ0v) is 17.2. The number of anilines is 1. The average molecular weight is 439 g/mol. The number of piperazine rings is 1. The SMILES string of the molecule is Cc1ccc(S(=O)(=O)N2CCN(CC(=O)Nc3ccc(OC(F)F)cc3)CC2)cc1. The van der Waals surface area contributed by atoms with Crippen LogP contribution in [0.15, 0.2) is 53.4 Å². The van der Waals surface area contributed by atoms with E-state index < -0.39 is 16.6 Å². The second-order valence-corrected chi connectivity index (χ2v) is 8.88. The van der Waals surface area contributed by atoms with Crippen molar-refractivity contribution in [2.45, 2.75) is 18.4 Å². The van der Waals surface area contributed by atoms with E-state index in [0.717, 1.165) is 5.56 Å². The molecule has 2 aromatic carbocycles. The van der Waals surface area contributed by atoms with Crippen molar-refractivity contribution in [2.75, 3.05) is 38.0 Å². The van der Waals surface area contributed by atoms with Gasteiger partial charge in [0.15, 0.2) is 0 Å². The Bertz CT molecular complexity index is 959. The first-order valence-corrected chi connectivity index (χ1v) is 10.8. The lowest BCUT2D eigenvalue weighted by Crippen LogP contribution is -2.50. The van der Waals surface area contributed by atoms with E-state index in [2.05, 4.69) is 10.1 Å². The van der Waals surface area contributed by atoms with Crippen LogP contribution in [0.4, 0.5) is 14.5 Å². The van der Waals surface area contributed by atoms with Gasteiger partial charge in [0.25, 0.3) is 0 Å². The molecule has 3 rings (SSSR count). The number of benzene rings is 2. The van der Waals surface area contributed by atoms with E-state index in [1.54, 1.807) is 24.3 Å². The molecule has 1 saturated heterocycles. The molecular weight excluding hydrogens is 416 g/mol. The van der Waals surface area contributed by atoms with Crippen LogP contribution in [-0.2, 0) is 14.8 Å². The maximum Gasteiger partial charge on any atom is 0.387 e. The summed E-state index contributed by atoms with van der Waals surface area (Å²) >= 11 is 0. The molecule has 0 aromatic heterocycles. The second kappa shape index (κ2) is 9.50. The average Bonchev–Trinajstić information content (AvgIpc) is 2.70. The van der Waals surface area contributed by atoms with Gasteiger partial charge < -0.3 is 10.1 Å². The quantitative estimate of drug-likeness (QED) is 0.717. The molecule has 2 aromatic rings. The van der Waals surface area contributed by atoms with Crippen LogP contribution in [0, 0.1) is 6.92 Å². The van der Waals surface area contributed by atoms with Gasteiger partial charge in [0.2, 0.25) is 15.9 Å². The fourth-order valence-corrected chi connectivity index (χ4v) is 4.53. The first-order chi connectivity index (χ1) is 14.2. The van der Waals surface area contributed by atoms with Gasteiger partial charge in [-0.25, -0.2) is 8.42 Å². The van der Waals surface area contributed by atoms with Crippen LogP contribution in [-0.4, -0.2) is 62.9 Å². The lowest BCUT2D eigenvalue weighted by atomic mass is 10.2. The third-order valence-electron chi connectivity index (χ3n) is 4.72. The number of amides is 1. The van der Waals surface area contributed by atoms with Crippen LogP contribution >= 0.6 is 0 Å². The fraction of sp³-hybridized carbons (Fsp3) is 0.350. The maximum absolute atomic E-state index is 12.7. The van der Waals surface area contributed by atoms with Gasteiger partial charge in [0.05, 0.1) is 11.4 Å². The highest BCUT2D eigenvalue weighted by atomic mass is 32.2. The number of halogens is 2. The fourth-order valence-electron chi connectivity index (χ4n) is 3.11. The normalized spacial score (nSPS) is 15.9. The van der Waals surface area contributed by atoms with Crippen molar-refractivity contribution >= 4 is 21.6 Å². The molecule has 30 heavy (non-hydrogen) atoms. The van der Waals surface area contributed by atoms with Gasteiger partial charge in [-0.05, 0) is 43.3 Å². The van der Waals surface area contributed by atoms with Gasteiger partial charge in [0.1, 0.15) is 5.75 Å². The predicted molar refractivity (Wildman–Crippen MR) is 108 cm³/mol. The number of hydrogen-bond donors (Lipinski definition) is 1. The van der Waals surface area contributed by atoms with Crippen molar-refractivity contribution in [1.29, 1.82) is 0 Å². The summed E-state index contributed by atoms with van der Waals surface area (Å²) in [5.74, 6) is -0.263. The Labute approximate surface area is 174 Å². The molecule has 0 bridgehead atoms. The van der Waals surface area contributed by atoms with Crippen molar-refractivity contribution in [3.8, 4) is 5.75 Å². The van der Waals surface area contributed by atoms with Crippen molar-refractivity contribution < 1.29 is 26.7 Å². The lowest BCUT2D eigenvalue weighted by Gasteiger charge is -2.33. The molecule has 10 heteroatoms. The van der Waals surface area contributed by atoms with E-state index in [9.17, 15) is 22.0 Å². The number of sulfonamides is 1. The summed E-state index contributed by atoms with van der Waals surface area (Å²) in [5, 5.41) is 2.69. The Balaban J connectivity index is 1.49. The smallest absolute Gasteiger partial charge is 0.387 e. The third-order valence-corrected chi connectivity index (χ3v) is 6.63. The summed E-state index contributed by atoms with van der Waals surface area (Å²) < 4.78 is 55.5. The first-order valence-electron chi connectivity index (χ1n) is 9.38. The van der Waals surface area contributed by atoms with Gasteiger partial charge in [-0.3, -0.25) is 9.69 Å². The second-order valence-electron chi connectivity index (χ2n) is 6.94. The Hall–Kier alpha value is -2.56. The molecule has 1 fully saturated rings. The highest BCUT2D eigenvalue weighted by Gasteiger charge is 2.29. The van der Waals surface area contributed by atoms with Crippen LogP contribution in [0.2, 0.25) is 0 Å². The van der Waals surface area contributed by atoms with Gasteiger partial charge in [-0.2, -0.15) is 13.1 Å². The molecule has 1 aliphatic heterocycles. The largest absolute Gasteiger partial charge is 0.435 e. The molecule has 0 radical (unpaired) electrons. The summed E-state index contributed by atoms with van der Waals surface area (Å²) in [5.41, 5.74) is 1.45. The molecule has 1 N–H and O–H groups in total. The molecule has 1 aliphatic rings. The standard InChI is InChI=1S/C20H23F2N3O4S/c1-15-2-8-18(9-3-15)30(27,28)25-12-10-24(11-13-25)14-19(26)23-16-4-6-17(7-5-16)29-20(21)22/h2-9,20H,10-14H2,1H3,(H,23,26). The van der Waals surface area contributed by atoms with Gasteiger partial charge in [-0.15, -0.1) is 0 Å². The molecule has 1 amide bonds. The molecule has 0 aliphatic carbocycles. The van der Waals surface area contributed by atoms with Gasteiger partial charge >= 0.3 is 6.61 Å². The highest BCUT2D eigenvalue weighted by Crippen LogP contribution is 2.19. The summed E-state index contributed by atoms with van der Waals surface area (Å²) in [6.07, 6.45) is 0. The molecule has 0 saturated carbocycles. The van der Waals surface area contributed by atoms with E-state index in [0.29, 0.717) is 31.9 Å². The molecule has 162 valence electrons. The van der Waals surface area contributed by atoms with Gasteiger partial charge in [-0.1, -0.05) is 17.7 Å². The highest BCUT2D eigenvalue weighted by molar-refractivity contribution is 7.89. The van der Waals surface area contributed by atoms with E-state index in [4.69, 9.17) is 0 Å². The Morgan fingerprint density at radius 3 is 2.20 bits per heavy atom. The van der Waals surface area contributed by atoms with Crippen molar-refractivity contribution in [1.82, 2.24) is 9.21 Å². The molecule has 1 heterocycles. The number of alkyl halides is 2.